The van der Waals surface area contributed by atoms with Gasteiger partial charge in [-0.15, -0.1) is 0 Å². The van der Waals surface area contributed by atoms with Crippen LogP contribution in [-0.2, 0) is 15.8 Å². The average molecular weight is 586 g/mol. The number of benzene rings is 1. The second-order valence-corrected chi connectivity index (χ2v) is 11.4. The van der Waals surface area contributed by atoms with Crippen molar-refractivity contribution in [3.63, 3.8) is 0 Å². The van der Waals surface area contributed by atoms with E-state index in [4.69, 9.17) is 0 Å². The fourth-order valence-corrected chi connectivity index (χ4v) is 5.62. The van der Waals surface area contributed by atoms with E-state index in [2.05, 4.69) is 46.0 Å². The number of aromatic nitrogens is 1. The number of allylic oxidation sites excluding steroid dienone is 4. The lowest BCUT2D eigenvalue weighted by Crippen LogP contribution is -2.38. The minimum absolute atomic E-state index is 0.0477. The summed E-state index contributed by atoms with van der Waals surface area (Å²) in [5.74, 6) is 0.138. The molecule has 1 aliphatic heterocycles. The molecule has 3 rings (SSSR count). The van der Waals surface area contributed by atoms with Crippen molar-refractivity contribution in [2.75, 3.05) is 26.7 Å². The van der Waals surface area contributed by atoms with Gasteiger partial charge in [0.05, 0.1) is 5.69 Å². The van der Waals surface area contributed by atoms with E-state index in [1.807, 2.05) is 32.1 Å². The van der Waals surface area contributed by atoms with E-state index in [0.29, 0.717) is 31.1 Å². The van der Waals surface area contributed by atoms with E-state index in [1.54, 1.807) is 54.1 Å². The predicted octanol–water partition coefficient (Wildman–Crippen LogP) is 6.46. The third-order valence-electron chi connectivity index (χ3n) is 6.09. The second-order valence-electron chi connectivity index (χ2n) is 9.39. The van der Waals surface area contributed by atoms with Crippen LogP contribution in [0.2, 0.25) is 0 Å². The number of nitrogens with one attached hydrogen (secondary N) is 2. The zero-order valence-electron chi connectivity index (χ0n) is 25.0. The summed E-state index contributed by atoms with van der Waals surface area (Å²) in [4.78, 5) is 4.22. The molecule has 0 fully saturated rings. The monoisotopic (exact) mass is 585 g/mol. The minimum Gasteiger partial charge on any atom is -0.385 e. The molecule has 1 atom stereocenters. The lowest BCUT2D eigenvalue weighted by molar-refractivity contribution is 0.315. The Morgan fingerprint density at radius 3 is 2.41 bits per heavy atom. The van der Waals surface area contributed by atoms with Crippen molar-refractivity contribution in [2.45, 2.75) is 58.6 Å². The number of dihydropyridines is 1. The highest BCUT2D eigenvalue weighted by atomic mass is 32.2. The Hall–Kier alpha value is -3.30. The lowest BCUT2D eigenvalue weighted by Gasteiger charge is -2.27. The maximum atomic E-state index is 13.3. The summed E-state index contributed by atoms with van der Waals surface area (Å²) < 4.78 is 40.1. The molecule has 1 aromatic carbocycles. The summed E-state index contributed by atoms with van der Waals surface area (Å²) in [6.45, 7) is 7.91. The van der Waals surface area contributed by atoms with E-state index >= 15 is 0 Å². The molecule has 0 spiro atoms. The second kappa shape index (κ2) is 22.4. The summed E-state index contributed by atoms with van der Waals surface area (Å²) in [5, 5.41) is 6.92. The molecule has 1 unspecified atom stereocenters. The van der Waals surface area contributed by atoms with Crippen molar-refractivity contribution < 1.29 is 12.8 Å². The van der Waals surface area contributed by atoms with Crippen molar-refractivity contribution in [2.24, 2.45) is 11.0 Å². The summed E-state index contributed by atoms with van der Waals surface area (Å²) >= 11 is 0. The standard InChI is InChI=1S/C23H35N3O2S.C6H5F.C3H8N2/c1-3-5-6-12-21(11-4-2)19-26(18-15-22-13-7-9-16-24-22)29(27,28)20-23-14-8-10-17-25-23;7-6-4-2-1-3-5-6;1-3-5-4-2/h3,5,7-10,13-14,17,21,24H,4,6,11-12,15-16,18-20H2,1-2H3;1-5H;3-4H,1-2H3/b5-3+;;5-3-. The number of nitrogens with zero attached hydrogens (tertiary/aromatic N) is 3. The van der Waals surface area contributed by atoms with Crippen molar-refractivity contribution in [3.8, 4) is 0 Å². The SMILES string of the molecule is C/C=C/CCC(CCC)CN(CCC1=CC=CCN1)S(=O)(=O)Cc1ccccn1.C/C=N\NC.Fc1ccccc1. The fraction of sp³-hybridized carbons (Fsp3) is 0.438. The summed E-state index contributed by atoms with van der Waals surface area (Å²) in [6.07, 6.45) is 18.5. The number of sulfonamides is 1. The van der Waals surface area contributed by atoms with Gasteiger partial charge in [-0.25, -0.2) is 17.1 Å². The molecule has 226 valence electrons. The van der Waals surface area contributed by atoms with Crippen LogP contribution in [0.25, 0.3) is 0 Å². The molecule has 2 aromatic rings. The average Bonchev–Trinajstić information content (AvgIpc) is 2.97. The van der Waals surface area contributed by atoms with Crippen LogP contribution in [0.5, 0.6) is 0 Å². The molecule has 2 N–H and O–H groups in total. The topological polar surface area (TPSA) is 86.7 Å². The number of hydrogen-bond acceptors (Lipinski definition) is 6. The Balaban J connectivity index is 0.000000577. The number of hydrazone groups is 1. The van der Waals surface area contributed by atoms with Crippen molar-refractivity contribution in [1.82, 2.24) is 20.0 Å². The normalized spacial score (nSPS) is 13.6. The first-order valence-electron chi connectivity index (χ1n) is 14.3. The highest BCUT2D eigenvalue weighted by Gasteiger charge is 2.26. The molecule has 1 aromatic heterocycles. The van der Waals surface area contributed by atoms with E-state index in [0.717, 1.165) is 37.9 Å². The Bertz CT molecular complexity index is 1150. The minimum atomic E-state index is -3.44. The third kappa shape index (κ3) is 17.2. The molecule has 0 radical (unpaired) electrons. The van der Waals surface area contributed by atoms with Crippen LogP contribution in [0.1, 0.15) is 58.6 Å². The third-order valence-corrected chi connectivity index (χ3v) is 7.87. The molecule has 0 aliphatic carbocycles. The van der Waals surface area contributed by atoms with Crippen LogP contribution in [0.15, 0.2) is 95.9 Å². The molecule has 0 saturated carbocycles. The van der Waals surface area contributed by atoms with Crippen molar-refractivity contribution >= 4 is 16.2 Å². The molecule has 1 aliphatic rings. The van der Waals surface area contributed by atoms with Crippen LogP contribution in [0.4, 0.5) is 4.39 Å². The van der Waals surface area contributed by atoms with Gasteiger partial charge in [0.25, 0.3) is 0 Å². The first-order valence-corrected chi connectivity index (χ1v) is 15.9. The Morgan fingerprint density at radius 2 is 1.90 bits per heavy atom. The predicted molar refractivity (Wildman–Crippen MR) is 170 cm³/mol. The van der Waals surface area contributed by atoms with Crippen LogP contribution >= 0.6 is 0 Å². The smallest absolute Gasteiger partial charge is 0.219 e. The Morgan fingerprint density at radius 1 is 1.15 bits per heavy atom. The van der Waals surface area contributed by atoms with Gasteiger partial charge in [-0.1, -0.05) is 61.9 Å². The first kappa shape index (κ1) is 35.7. The zero-order chi connectivity index (χ0) is 30.2. The van der Waals surface area contributed by atoms with Gasteiger partial charge in [0.1, 0.15) is 11.6 Å². The Labute approximate surface area is 247 Å². The number of rotatable bonds is 14. The lowest BCUT2D eigenvalue weighted by atomic mass is 9.97. The quantitative estimate of drug-likeness (QED) is 0.151. The fourth-order valence-electron chi connectivity index (χ4n) is 4.09. The van der Waals surface area contributed by atoms with Crippen LogP contribution in [0, 0.1) is 11.7 Å². The number of halogens is 1. The van der Waals surface area contributed by atoms with Crippen LogP contribution in [-0.4, -0.2) is 50.6 Å². The maximum Gasteiger partial charge on any atom is 0.219 e. The number of pyridine rings is 1. The van der Waals surface area contributed by atoms with Gasteiger partial charge in [0, 0.05) is 51.2 Å². The first-order chi connectivity index (χ1) is 19.9. The van der Waals surface area contributed by atoms with Gasteiger partial charge in [0.2, 0.25) is 10.0 Å². The van der Waals surface area contributed by atoms with E-state index in [9.17, 15) is 12.8 Å². The van der Waals surface area contributed by atoms with Crippen LogP contribution in [0.3, 0.4) is 0 Å². The maximum absolute atomic E-state index is 13.3. The van der Waals surface area contributed by atoms with Gasteiger partial charge in [-0.05, 0) is 69.4 Å². The Kier molecular flexibility index (Phi) is 19.5. The van der Waals surface area contributed by atoms with E-state index in [1.165, 1.54) is 12.1 Å². The zero-order valence-corrected chi connectivity index (χ0v) is 25.9. The van der Waals surface area contributed by atoms with Crippen molar-refractivity contribution in [1.29, 1.82) is 0 Å². The van der Waals surface area contributed by atoms with Gasteiger partial charge in [-0.3, -0.25) is 4.98 Å². The molecular weight excluding hydrogens is 537 g/mol. The molecule has 0 saturated heterocycles. The summed E-state index contributed by atoms with van der Waals surface area (Å²) in [7, 11) is -1.68. The van der Waals surface area contributed by atoms with Gasteiger partial charge < -0.3 is 10.7 Å². The molecular formula is C32H48FN5O2S. The molecule has 0 amide bonds. The summed E-state index contributed by atoms with van der Waals surface area (Å²) in [6, 6.07) is 13.4. The van der Waals surface area contributed by atoms with Crippen molar-refractivity contribution in [3.05, 3.63) is 102 Å². The van der Waals surface area contributed by atoms with E-state index in [-0.39, 0.29) is 11.6 Å². The number of hydrogen-bond donors (Lipinski definition) is 2. The van der Waals surface area contributed by atoms with E-state index < -0.39 is 10.0 Å². The molecule has 0 bridgehead atoms. The van der Waals surface area contributed by atoms with Gasteiger partial charge >= 0.3 is 0 Å². The summed E-state index contributed by atoms with van der Waals surface area (Å²) in [5.41, 5.74) is 4.27. The largest absolute Gasteiger partial charge is 0.385 e. The van der Waals surface area contributed by atoms with Gasteiger partial charge in [0.15, 0.2) is 0 Å². The molecule has 2 heterocycles. The van der Waals surface area contributed by atoms with Crippen LogP contribution < -0.4 is 10.7 Å². The molecule has 41 heavy (non-hydrogen) atoms. The highest BCUT2D eigenvalue weighted by molar-refractivity contribution is 7.88. The van der Waals surface area contributed by atoms with Gasteiger partial charge in [-0.2, -0.15) is 5.10 Å². The highest BCUT2D eigenvalue weighted by Crippen LogP contribution is 2.20. The molecule has 9 heteroatoms. The molecule has 7 nitrogen and oxygen atoms in total.